The Morgan fingerprint density at radius 1 is 1.00 bits per heavy atom. The topological polar surface area (TPSA) is 56.5 Å². The lowest BCUT2D eigenvalue weighted by molar-refractivity contribution is 0.0528. The average Bonchev–Trinajstić information content (AvgIpc) is 3.05. The van der Waals surface area contributed by atoms with E-state index in [4.69, 9.17) is 4.74 Å². The van der Waals surface area contributed by atoms with E-state index < -0.39 is 0 Å². The number of esters is 1. The first-order chi connectivity index (χ1) is 13.0. The lowest BCUT2D eigenvalue weighted by Gasteiger charge is -2.19. The van der Waals surface area contributed by atoms with Crippen LogP contribution in [0, 0.1) is 0 Å². The minimum atomic E-state index is -0.321. The molecule has 3 aromatic rings. The molecule has 5 heteroatoms. The molecule has 0 unspecified atom stereocenters. The highest BCUT2D eigenvalue weighted by molar-refractivity contribution is 5.96. The summed E-state index contributed by atoms with van der Waals surface area (Å²) >= 11 is 0. The number of pyridine rings is 2. The second kappa shape index (κ2) is 8.55. The van der Waals surface area contributed by atoms with Crippen LogP contribution in [0.15, 0.2) is 49.1 Å². The molecule has 0 radical (unpaired) electrons. The molecule has 0 N–H and O–H groups in total. The highest BCUT2D eigenvalue weighted by Gasteiger charge is 2.18. The first-order valence-electron chi connectivity index (χ1n) is 9.59. The number of nitrogens with zero attached hydrogens (tertiary/aromatic N) is 3. The molecule has 0 bridgehead atoms. The van der Waals surface area contributed by atoms with E-state index in [2.05, 4.69) is 63.8 Å². The van der Waals surface area contributed by atoms with Gasteiger partial charge in [-0.05, 0) is 53.1 Å². The number of ether oxygens (including phenoxy) is 1. The number of hydrogen-bond acceptors (Lipinski definition) is 4. The molecule has 3 rings (SSSR count). The van der Waals surface area contributed by atoms with Crippen LogP contribution in [0.1, 0.15) is 70.0 Å². The van der Waals surface area contributed by atoms with E-state index in [1.54, 1.807) is 17.6 Å². The van der Waals surface area contributed by atoms with Crippen LogP contribution in [0.4, 0.5) is 0 Å². The Labute approximate surface area is 167 Å². The zero-order chi connectivity index (χ0) is 20.9. The second-order valence-electron chi connectivity index (χ2n) is 8.76. The minimum Gasteiger partial charge on any atom is -0.462 e. The quantitative estimate of drug-likeness (QED) is 0.573. The number of aromatic nitrogens is 3. The summed E-state index contributed by atoms with van der Waals surface area (Å²) in [6.07, 6.45) is 7.10. The summed E-state index contributed by atoms with van der Waals surface area (Å²) in [4.78, 5) is 15.8. The number of fused-ring (bicyclic) bond motifs is 1. The molecule has 150 valence electrons. The molecule has 0 amide bonds. The van der Waals surface area contributed by atoms with Crippen molar-refractivity contribution < 1.29 is 9.53 Å². The van der Waals surface area contributed by atoms with Crippen LogP contribution < -0.4 is 0 Å². The summed E-state index contributed by atoms with van der Waals surface area (Å²) < 4.78 is 6.72. The SMILES string of the molecule is CC(C)(C)c1ccncc1.CCOC(=O)c1cnn2ccc(C(C)(C)C)cc12. The largest absolute Gasteiger partial charge is 0.462 e. The standard InChI is InChI=1S/C14H18N2O2.C9H13N/c1-5-18-13(17)11-9-15-16-7-6-10(8-12(11)16)14(2,3)4;1-9(2,3)8-4-6-10-7-5-8/h6-9H,5H2,1-4H3;4-7H,1-3H3. The average molecular weight is 382 g/mol. The van der Waals surface area contributed by atoms with Gasteiger partial charge < -0.3 is 4.74 Å². The van der Waals surface area contributed by atoms with Crippen molar-refractivity contribution in [3.8, 4) is 0 Å². The number of rotatable bonds is 2. The van der Waals surface area contributed by atoms with Crippen LogP contribution >= 0.6 is 0 Å². The Bertz CT molecular complexity index is 916. The van der Waals surface area contributed by atoms with Gasteiger partial charge in [0.15, 0.2) is 0 Å². The van der Waals surface area contributed by atoms with Gasteiger partial charge in [-0.1, -0.05) is 41.5 Å². The van der Waals surface area contributed by atoms with E-state index in [0.29, 0.717) is 12.2 Å². The summed E-state index contributed by atoms with van der Waals surface area (Å²) in [7, 11) is 0. The van der Waals surface area contributed by atoms with Gasteiger partial charge in [0.2, 0.25) is 0 Å². The molecule has 0 saturated carbocycles. The monoisotopic (exact) mass is 381 g/mol. The van der Waals surface area contributed by atoms with E-state index in [9.17, 15) is 4.79 Å². The fraction of sp³-hybridized carbons (Fsp3) is 0.435. The Morgan fingerprint density at radius 3 is 2.11 bits per heavy atom. The molecule has 0 aliphatic carbocycles. The maximum absolute atomic E-state index is 11.8. The summed E-state index contributed by atoms with van der Waals surface area (Å²) in [6, 6.07) is 8.13. The fourth-order valence-corrected chi connectivity index (χ4v) is 2.67. The van der Waals surface area contributed by atoms with Crippen LogP contribution in [-0.2, 0) is 15.6 Å². The summed E-state index contributed by atoms with van der Waals surface area (Å²) in [5, 5.41) is 4.16. The molecule has 0 saturated heterocycles. The normalized spacial score (nSPS) is 11.7. The predicted octanol–water partition coefficient (Wildman–Crippen LogP) is 5.19. The molecular formula is C23H31N3O2. The molecule has 0 aromatic carbocycles. The van der Waals surface area contributed by atoms with Gasteiger partial charge in [-0.25, -0.2) is 9.31 Å². The Hall–Kier alpha value is -2.69. The smallest absolute Gasteiger partial charge is 0.341 e. The highest BCUT2D eigenvalue weighted by Crippen LogP contribution is 2.24. The van der Waals surface area contributed by atoms with E-state index in [1.165, 1.54) is 11.1 Å². The van der Waals surface area contributed by atoms with Crippen LogP contribution in [0.25, 0.3) is 5.52 Å². The first kappa shape index (κ1) is 21.6. The lowest BCUT2D eigenvalue weighted by Crippen LogP contribution is -2.12. The van der Waals surface area contributed by atoms with E-state index in [-0.39, 0.29) is 16.8 Å². The summed E-state index contributed by atoms with van der Waals surface area (Å²) in [6.45, 7) is 15.2. The van der Waals surface area contributed by atoms with Gasteiger partial charge in [0.1, 0.15) is 5.56 Å². The second-order valence-corrected chi connectivity index (χ2v) is 8.76. The minimum absolute atomic E-state index is 0.0396. The van der Waals surface area contributed by atoms with Crippen molar-refractivity contribution in [3.05, 3.63) is 65.7 Å². The van der Waals surface area contributed by atoms with Crippen LogP contribution in [0.5, 0.6) is 0 Å². The zero-order valence-electron chi connectivity index (χ0n) is 18.0. The molecule has 5 nitrogen and oxygen atoms in total. The zero-order valence-corrected chi connectivity index (χ0v) is 18.0. The van der Waals surface area contributed by atoms with E-state index >= 15 is 0 Å². The predicted molar refractivity (Wildman–Crippen MR) is 113 cm³/mol. The molecule has 28 heavy (non-hydrogen) atoms. The van der Waals surface area contributed by atoms with Crippen molar-refractivity contribution in [1.82, 2.24) is 14.6 Å². The van der Waals surface area contributed by atoms with Crippen molar-refractivity contribution in [2.45, 2.75) is 59.3 Å². The van der Waals surface area contributed by atoms with Crippen LogP contribution in [0.3, 0.4) is 0 Å². The van der Waals surface area contributed by atoms with Crippen LogP contribution in [-0.4, -0.2) is 27.2 Å². The third kappa shape index (κ3) is 5.41. The number of hydrogen-bond donors (Lipinski definition) is 0. The van der Waals surface area contributed by atoms with E-state index in [0.717, 1.165) is 5.52 Å². The summed E-state index contributed by atoms with van der Waals surface area (Å²) in [5.74, 6) is -0.321. The van der Waals surface area contributed by atoms with Gasteiger partial charge in [0, 0.05) is 18.6 Å². The molecule has 3 heterocycles. The van der Waals surface area contributed by atoms with Crippen molar-refractivity contribution in [2.75, 3.05) is 6.61 Å². The Balaban J connectivity index is 0.000000237. The lowest BCUT2D eigenvalue weighted by atomic mass is 9.87. The van der Waals surface area contributed by atoms with E-state index in [1.807, 2.05) is 30.7 Å². The maximum Gasteiger partial charge on any atom is 0.341 e. The fourth-order valence-electron chi connectivity index (χ4n) is 2.67. The molecule has 0 fully saturated rings. The molecule has 3 aromatic heterocycles. The van der Waals surface area contributed by atoms with Crippen molar-refractivity contribution >= 4 is 11.5 Å². The summed E-state index contributed by atoms with van der Waals surface area (Å²) in [5.41, 5.74) is 4.10. The number of carbonyl (C=O) groups excluding carboxylic acids is 1. The van der Waals surface area contributed by atoms with Gasteiger partial charge in [0.25, 0.3) is 0 Å². The Morgan fingerprint density at radius 2 is 1.61 bits per heavy atom. The van der Waals surface area contributed by atoms with Gasteiger partial charge in [0.05, 0.1) is 18.3 Å². The number of carbonyl (C=O) groups is 1. The third-order valence-corrected chi connectivity index (χ3v) is 4.43. The van der Waals surface area contributed by atoms with Gasteiger partial charge in [-0.3, -0.25) is 4.98 Å². The third-order valence-electron chi connectivity index (χ3n) is 4.43. The van der Waals surface area contributed by atoms with Crippen molar-refractivity contribution in [2.24, 2.45) is 0 Å². The molecule has 0 aliphatic rings. The van der Waals surface area contributed by atoms with Gasteiger partial charge in [-0.15, -0.1) is 0 Å². The molecule has 0 atom stereocenters. The van der Waals surface area contributed by atoms with Crippen molar-refractivity contribution in [1.29, 1.82) is 0 Å². The first-order valence-corrected chi connectivity index (χ1v) is 9.59. The Kier molecular flexibility index (Phi) is 6.60. The maximum atomic E-state index is 11.8. The van der Waals surface area contributed by atoms with Gasteiger partial charge in [-0.2, -0.15) is 5.10 Å². The molecular weight excluding hydrogens is 350 g/mol. The molecule has 0 spiro atoms. The van der Waals surface area contributed by atoms with Gasteiger partial charge >= 0.3 is 5.97 Å². The van der Waals surface area contributed by atoms with Crippen LogP contribution in [0.2, 0.25) is 0 Å². The highest BCUT2D eigenvalue weighted by atomic mass is 16.5. The molecule has 0 aliphatic heterocycles. The van der Waals surface area contributed by atoms with Crippen molar-refractivity contribution in [3.63, 3.8) is 0 Å².